The molecular formula is C23H24FN3O4. The highest BCUT2D eigenvalue weighted by Crippen LogP contribution is 2.32. The molecule has 0 atom stereocenters. The molecule has 0 bridgehead atoms. The van der Waals surface area contributed by atoms with Crippen LogP contribution in [0.3, 0.4) is 0 Å². The molecule has 0 aliphatic heterocycles. The van der Waals surface area contributed by atoms with E-state index in [4.69, 9.17) is 9.47 Å². The van der Waals surface area contributed by atoms with Gasteiger partial charge in [-0.2, -0.15) is 5.10 Å². The minimum absolute atomic E-state index is 0.261. The molecule has 162 valence electrons. The van der Waals surface area contributed by atoms with Gasteiger partial charge in [0.15, 0.2) is 0 Å². The molecule has 1 amide bonds. The SMILES string of the molecule is COc1c(C(=O)NCC(=O)OC(C)(C)C)ccc2n[nH]c(/C=C/c3ccc(F)cc3)c12. The van der Waals surface area contributed by atoms with Crippen molar-refractivity contribution in [2.75, 3.05) is 13.7 Å². The molecule has 7 nitrogen and oxygen atoms in total. The molecular weight excluding hydrogens is 401 g/mol. The minimum Gasteiger partial charge on any atom is -0.495 e. The van der Waals surface area contributed by atoms with E-state index in [2.05, 4.69) is 15.5 Å². The Morgan fingerprint density at radius 2 is 1.84 bits per heavy atom. The lowest BCUT2D eigenvalue weighted by atomic mass is 10.1. The Bertz CT molecular complexity index is 1130. The van der Waals surface area contributed by atoms with E-state index in [9.17, 15) is 14.0 Å². The van der Waals surface area contributed by atoms with Crippen molar-refractivity contribution < 1.29 is 23.5 Å². The number of nitrogens with zero attached hydrogens (tertiary/aromatic N) is 1. The molecule has 2 N–H and O–H groups in total. The molecule has 8 heteroatoms. The second-order valence-electron chi connectivity index (χ2n) is 7.83. The lowest BCUT2D eigenvalue weighted by molar-refractivity contribution is -0.153. The fourth-order valence-electron chi connectivity index (χ4n) is 2.99. The van der Waals surface area contributed by atoms with Gasteiger partial charge in [0, 0.05) is 0 Å². The van der Waals surface area contributed by atoms with Crippen LogP contribution in [0.15, 0.2) is 36.4 Å². The number of hydrogen-bond acceptors (Lipinski definition) is 5. The maximum atomic E-state index is 13.1. The fraction of sp³-hybridized carbons (Fsp3) is 0.261. The normalized spacial score (nSPS) is 11.6. The smallest absolute Gasteiger partial charge is 0.325 e. The number of benzene rings is 2. The third-order valence-corrected chi connectivity index (χ3v) is 4.28. The number of rotatable bonds is 6. The van der Waals surface area contributed by atoms with Crippen molar-refractivity contribution in [3.05, 3.63) is 59.0 Å². The fourth-order valence-corrected chi connectivity index (χ4v) is 2.99. The minimum atomic E-state index is -0.638. The predicted molar refractivity (Wildman–Crippen MR) is 116 cm³/mol. The molecule has 0 fully saturated rings. The van der Waals surface area contributed by atoms with Crippen LogP contribution in [0.2, 0.25) is 0 Å². The number of amides is 1. The molecule has 1 heterocycles. The predicted octanol–water partition coefficient (Wildman–Crippen LogP) is 3.95. The molecule has 2 aromatic carbocycles. The van der Waals surface area contributed by atoms with Crippen LogP contribution >= 0.6 is 0 Å². The summed E-state index contributed by atoms with van der Waals surface area (Å²) in [5.74, 6) is -0.995. The molecule has 0 spiro atoms. The van der Waals surface area contributed by atoms with Gasteiger partial charge in [0.25, 0.3) is 5.91 Å². The Kier molecular flexibility index (Phi) is 6.39. The molecule has 0 radical (unpaired) electrons. The van der Waals surface area contributed by atoms with E-state index in [0.717, 1.165) is 5.56 Å². The van der Waals surface area contributed by atoms with Crippen LogP contribution in [0.1, 0.15) is 42.4 Å². The van der Waals surface area contributed by atoms with Gasteiger partial charge < -0.3 is 14.8 Å². The van der Waals surface area contributed by atoms with Crippen LogP contribution in [0.4, 0.5) is 4.39 Å². The van der Waals surface area contributed by atoms with E-state index in [1.54, 1.807) is 57.2 Å². The number of carbonyl (C=O) groups is 2. The summed E-state index contributed by atoms with van der Waals surface area (Å²) in [5, 5.41) is 10.3. The van der Waals surface area contributed by atoms with Crippen molar-refractivity contribution in [2.45, 2.75) is 26.4 Å². The number of hydrogen-bond donors (Lipinski definition) is 2. The Balaban J connectivity index is 1.86. The molecule has 3 aromatic rings. The number of esters is 1. The second-order valence-corrected chi connectivity index (χ2v) is 7.83. The van der Waals surface area contributed by atoms with Gasteiger partial charge in [-0.1, -0.05) is 18.2 Å². The van der Waals surface area contributed by atoms with Gasteiger partial charge in [0.2, 0.25) is 0 Å². The second kappa shape index (κ2) is 8.99. The number of methoxy groups -OCH3 is 1. The standard InChI is InChI=1S/C23H24FN3O4/c1-23(2,3)31-19(28)13-25-22(29)16-10-12-18-20(21(16)30-4)17(26-27-18)11-7-14-5-8-15(24)9-6-14/h5-12H,13H2,1-4H3,(H,25,29)(H,26,27)/b11-7+. The van der Waals surface area contributed by atoms with Crippen LogP contribution in [0, 0.1) is 5.82 Å². The van der Waals surface area contributed by atoms with Crippen LogP contribution in [-0.2, 0) is 9.53 Å². The summed E-state index contributed by atoms with van der Waals surface area (Å²) in [5.41, 5.74) is 1.66. The van der Waals surface area contributed by atoms with Crippen molar-refractivity contribution >= 4 is 34.9 Å². The van der Waals surface area contributed by atoms with Gasteiger partial charge in [0.1, 0.15) is 23.7 Å². The van der Waals surface area contributed by atoms with E-state index in [1.807, 2.05) is 0 Å². The topological polar surface area (TPSA) is 93.3 Å². The van der Waals surface area contributed by atoms with Crippen molar-refractivity contribution in [1.82, 2.24) is 15.5 Å². The lowest BCUT2D eigenvalue weighted by Gasteiger charge is -2.19. The van der Waals surface area contributed by atoms with Gasteiger partial charge >= 0.3 is 5.97 Å². The zero-order valence-corrected chi connectivity index (χ0v) is 17.8. The summed E-state index contributed by atoms with van der Waals surface area (Å²) in [4.78, 5) is 24.6. The summed E-state index contributed by atoms with van der Waals surface area (Å²) in [6, 6.07) is 9.32. The van der Waals surface area contributed by atoms with E-state index < -0.39 is 17.5 Å². The summed E-state index contributed by atoms with van der Waals surface area (Å²) >= 11 is 0. The average Bonchev–Trinajstić information content (AvgIpc) is 3.13. The summed E-state index contributed by atoms with van der Waals surface area (Å²) < 4.78 is 23.8. The highest BCUT2D eigenvalue weighted by molar-refractivity contribution is 6.06. The number of aromatic amines is 1. The molecule has 0 aliphatic rings. The first-order chi connectivity index (χ1) is 14.7. The lowest BCUT2D eigenvalue weighted by Crippen LogP contribution is -2.34. The summed E-state index contributed by atoms with van der Waals surface area (Å²) in [7, 11) is 1.46. The maximum absolute atomic E-state index is 13.1. The zero-order chi connectivity index (χ0) is 22.6. The largest absolute Gasteiger partial charge is 0.495 e. The Morgan fingerprint density at radius 1 is 1.13 bits per heavy atom. The summed E-state index contributed by atoms with van der Waals surface area (Å²) in [6.45, 7) is 5.00. The first-order valence-electron chi connectivity index (χ1n) is 9.66. The number of H-pyrrole nitrogens is 1. The Hall–Kier alpha value is -3.68. The number of nitrogens with one attached hydrogen (secondary N) is 2. The van der Waals surface area contributed by atoms with E-state index >= 15 is 0 Å². The third-order valence-electron chi connectivity index (χ3n) is 4.28. The third kappa shape index (κ3) is 5.48. The van der Waals surface area contributed by atoms with Crippen molar-refractivity contribution in [3.8, 4) is 5.75 Å². The van der Waals surface area contributed by atoms with Gasteiger partial charge in [0.05, 0.1) is 29.3 Å². The Labute approximate surface area is 179 Å². The van der Waals surface area contributed by atoms with Gasteiger partial charge in [-0.15, -0.1) is 0 Å². The van der Waals surface area contributed by atoms with Crippen LogP contribution in [0.5, 0.6) is 5.75 Å². The number of carbonyl (C=O) groups excluding carboxylic acids is 2. The van der Waals surface area contributed by atoms with Crippen LogP contribution < -0.4 is 10.1 Å². The zero-order valence-electron chi connectivity index (χ0n) is 17.8. The van der Waals surface area contributed by atoms with Crippen molar-refractivity contribution in [2.24, 2.45) is 0 Å². The quantitative estimate of drug-likeness (QED) is 0.584. The molecule has 0 saturated heterocycles. The number of fused-ring (bicyclic) bond motifs is 1. The first-order valence-corrected chi connectivity index (χ1v) is 9.66. The highest BCUT2D eigenvalue weighted by atomic mass is 19.1. The molecule has 0 saturated carbocycles. The average molecular weight is 425 g/mol. The first kappa shape index (κ1) is 22.0. The van der Waals surface area contributed by atoms with Crippen molar-refractivity contribution in [1.29, 1.82) is 0 Å². The monoisotopic (exact) mass is 425 g/mol. The summed E-state index contributed by atoms with van der Waals surface area (Å²) in [6.07, 6.45) is 3.56. The van der Waals surface area contributed by atoms with Gasteiger partial charge in [-0.25, -0.2) is 4.39 Å². The van der Waals surface area contributed by atoms with Gasteiger partial charge in [-0.05, 0) is 56.7 Å². The Morgan fingerprint density at radius 3 is 2.48 bits per heavy atom. The number of aromatic nitrogens is 2. The molecule has 31 heavy (non-hydrogen) atoms. The van der Waals surface area contributed by atoms with E-state index in [-0.39, 0.29) is 17.9 Å². The maximum Gasteiger partial charge on any atom is 0.325 e. The van der Waals surface area contributed by atoms with Gasteiger partial charge in [-0.3, -0.25) is 14.7 Å². The van der Waals surface area contributed by atoms with Crippen molar-refractivity contribution in [3.63, 3.8) is 0 Å². The van der Waals surface area contributed by atoms with Crippen LogP contribution in [0.25, 0.3) is 23.1 Å². The molecule has 1 aromatic heterocycles. The van der Waals surface area contributed by atoms with E-state index in [1.165, 1.54) is 19.2 Å². The molecule has 3 rings (SSSR count). The molecule has 0 unspecified atom stereocenters. The number of ether oxygens (including phenoxy) is 2. The number of halogens is 1. The molecule has 0 aliphatic carbocycles. The van der Waals surface area contributed by atoms with E-state index in [0.29, 0.717) is 22.3 Å². The highest BCUT2D eigenvalue weighted by Gasteiger charge is 2.21. The van der Waals surface area contributed by atoms with Crippen LogP contribution in [-0.4, -0.2) is 41.3 Å².